The quantitative estimate of drug-likeness (QED) is 0.675. The van der Waals surface area contributed by atoms with Gasteiger partial charge in [0.2, 0.25) is 0 Å². The van der Waals surface area contributed by atoms with E-state index in [1.807, 2.05) is 13.8 Å². The van der Waals surface area contributed by atoms with Gasteiger partial charge in [0.25, 0.3) is 0 Å². The summed E-state index contributed by atoms with van der Waals surface area (Å²) in [6.45, 7) is 3.81. The highest BCUT2D eigenvalue weighted by Gasteiger charge is 2.13. The van der Waals surface area contributed by atoms with Gasteiger partial charge in [0.15, 0.2) is 5.78 Å². The number of rotatable bonds is 5. The van der Waals surface area contributed by atoms with Crippen LogP contribution in [-0.2, 0) is 4.79 Å². The number of aromatic nitrogens is 1. The first-order chi connectivity index (χ1) is 9.99. The second-order valence-electron chi connectivity index (χ2n) is 4.71. The van der Waals surface area contributed by atoms with Crippen molar-refractivity contribution in [2.45, 2.75) is 20.0 Å². The van der Waals surface area contributed by atoms with Crippen LogP contribution in [0.5, 0.6) is 5.75 Å². The molecule has 1 heterocycles. The van der Waals surface area contributed by atoms with Gasteiger partial charge in [-0.2, -0.15) is 0 Å². The fraction of sp³-hybridized carbons (Fsp3) is 0.188. The predicted molar refractivity (Wildman–Crippen MR) is 78.6 cm³/mol. The van der Waals surface area contributed by atoms with Crippen molar-refractivity contribution < 1.29 is 19.4 Å². The van der Waals surface area contributed by atoms with Crippen molar-refractivity contribution in [3.05, 3.63) is 48.2 Å². The molecule has 108 valence electrons. The molecule has 0 aliphatic heterocycles. The van der Waals surface area contributed by atoms with Gasteiger partial charge in [0.05, 0.1) is 6.10 Å². The second kappa shape index (κ2) is 6.17. The number of aliphatic carboxylic acids is 1. The Kier molecular flexibility index (Phi) is 4.33. The Balaban J connectivity index is 2.52. The number of ketones is 1. The van der Waals surface area contributed by atoms with Crippen molar-refractivity contribution in [3.63, 3.8) is 0 Å². The number of benzene rings is 1. The number of hydrogen-bond donors (Lipinski definition) is 1. The first kappa shape index (κ1) is 14.7. The molecule has 0 saturated carbocycles. The third kappa shape index (κ3) is 3.45. The van der Waals surface area contributed by atoms with Gasteiger partial charge in [0, 0.05) is 23.2 Å². The Morgan fingerprint density at radius 3 is 2.67 bits per heavy atom. The summed E-state index contributed by atoms with van der Waals surface area (Å²) in [6.07, 6.45) is 3.47. The van der Waals surface area contributed by atoms with Gasteiger partial charge in [-0.3, -0.25) is 9.78 Å². The molecule has 0 bridgehead atoms. The summed E-state index contributed by atoms with van der Waals surface area (Å²) in [7, 11) is 0. The van der Waals surface area contributed by atoms with E-state index in [1.165, 1.54) is 0 Å². The minimum Gasteiger partial charge on any atom is -0.489 e. The molecule has 5 heteroatoms. The Labute approximate surface area is 121 Å². The van der Waals surface area contributed by atoms with Crippen molar-refractivity contribution in [3.8, 4) is 5.75 Å². The second-order valence-corrected chi connectivity index (χ2v) is 4.71. The maximum Gasteiger partial charge on any atom is 0.328 e. The summed E-state index contributed by atoms with van der Waals surface area (Å²) >= 11 is 0. The molecule has 1 aromatic heterocycles. The summed E-state index contributed by atoms with van der Waals surface area (Å²) in [4.78, 5) is 26.8. The largest absolute Gasteiger partial charge is 0.489 e. The van der Waals surface area contributed by atoms with E-state index in [2.05, 4.69) is 4.98 Å². The third-order valence-corrected chi connectivity index (χ3v) is 2.74. The van der Waals surface area contributed by atoms with Gasteiger partial charge in [-0.25, -0.2) is 4.79 Å². The molecule has 0 aliphatic rings. The molecule has 0 atom stereocenters. The Bertz CT molecular complexity index is 719. The molecule has 0 fully saturated rings. The SMILES string of the molecule is CC(C)Oc1ccc(C(=O)/C=C/C(=O)O)c2cccnc12. The highest BCUT2D eigenvalue weighted by Crippen LogP contribution is 2.27. The molecule has 0 radical (unpaired) electrons. The zero-order chi connectivity index (χ0) is 15.4. The van der Waals surface area contributed by atoms with E-state index >= 15 is 0 Å². The lowest BCUT2D eigenvalue weighted by molar-refractivity contribution is -0.131. The molecule has 0 saturated heterocycles. The topological polar surface area (TPSA) is 76.5 Å². The Hall–Kier alpha value is -2.69. The molecular formula is C16H15NO4. The molecule has 0 unspecified atom stereocenters. The zero-order valence-electron chi connectivity index (χ0n) is 11.7. The maximum atomic E-state index is 12.1. The number of pyridine rings is 1. The molecule has 2 aromatic rings. The fourth-order valence-corrected chi connectivity index (χ4v) is 1.95. The molecule has 0 amide bonds. The molecule has 1 N–H and O–H groups in total. The van der Waals surface area contributed by atoms with Crippen molar-refractivity contribution in [2.24, 2.45) is 0 Å². The number of allylic oxidation sites excluding steroid dienone is 1. The van der Waals surface area contributed by atoms with Crippen molar-refractivity contribution in [1.82, 2.24) is 4.98 Å². The van der Waals surface area contributed by atoms with Crippen LogP contribution in [0.2, 0.25) is 0 Å². The average molecular weight is 285 g/mol. The van der Waals surface area contributed by atoms with Crippen molar-refractivity contribution in [2.75, 3.05) is 0 Å². The number of carbonyl (C=O) groups is 2. The van der Waals surface area contributed by atoms with Crippen LogP contribution < -0.4 is 4.74 Å². The van der Waals surface area contributed by atoms with E-state index in [-0.39, 0.29) is 11.9 Å². The van der Waals surface area contributed by atoms with Crippen LogP contribution in [0.4, 0.5) is 0 Å². The van der Waals surface area contributed by atoms with Crippen molar-refractivity contribution in [1.29, 1.82) is 0 Å². The molecule has 0 aliphatic carbocycles. The first-order valence-electron chi connectivity index (χ1n) is 6.48. The zero-order valence-corrected chi connectivity index (χ0v) is 11.7. The van der Waals surface area contributed by atoms with E-state index in [4.69, 9.17) is 9.84 Å². The molecular weight excluding hydrogens is 270 g/mol. The normalized spacial score (nSPS) is 11.2. The van der Waals surface area contributed by atoms with Gasteiger partial charge in [-0.15, -0.1) is 0 Å². The lowest BCUT2D eigenvalue weighted by Crippen LogP contribution is -2.07. The van der Waals surface area contributed by atoms with Crippen LogP contribution in [0, 0.1) is 0 Å². The van der Waals surface area contributed by atoms with Crippen LogP contribution in [-0.4, -0.2) is 27.9 Å². The predicted octanol–water partition coefficient (Wildman–Crippen LogP) is 2.85. The van der Waals surface area contributed by atoms with E-state index in [1.54, 1.807) is 30.5 Å². The molecule has 5 nitrogen and oxygen atoms in total. The number of hydrogen-bond acceptors (Lipinski definition) is 4. The summed E-state index contributed by atoms with van der Waals surface area (Å²) < 4.78 is 5.67. The number of carboxylic acid groups (broad SMARTS) is 1. The van der Waals surface area contributed by atoms with Crippen LogP contribution in [0.3, 0.4) is 0 Å². The van der Waals surface area contributed by atoms with Gasteiger partial charge in [-0.05, 0) is 38.1 Å². The van der Waals surface area contributed by atoms with Gasteiger partial charge < -0.3 is 9.84 Å². The standard InChI is InChI=1S/C16H15NO4/c1-10(2)21-14-7-5-11(13(18)6-8-15(19)20)12-4-3-9-17-16(12)14/h3-10H,1-2H3,(H,19,20)/b8-6+. The van der Waals surface area contributed by atoms with E-state index in [9.17, 15) is 9.59 Å². The third-order valence-electron chi connectivity index (χ3n) is 2.74. The monoisotopic (exact) mass is 285 g/mol. The van der Waals surface area contributed by atoms with Gasteiger partial charge in [-0.1, -0.05) is 6.07 Å². The highest BCUT2D eigenvalue weighted by atomic mass is 16.5. The van der Waals surface area contributed by atoms with Crippen LogP contribution in [0.15, 0.2) is 42.6 Å². The minimum absolute atomic E-state index is 0.0105. The van der Waals surface area contributed by atoms with Crippen LogP contribution >= 0.6 is 0 Å². The minimum atomic E-state index is -1.16. The smallest absolute Gasteiger partial charge is 0.328 e. The molecule has 0 spiro atoms. The summed E-state index contributed by atoms with van der Waals surface area (Å²) in [6, 6.07) is 6.78. The summed E-state index contributed by atoms with van der Waals surface area (Å²) in [5.74, 6) is -0.948. The lowest BCUT2D eigenvalue weighted by atomic mass is 10.0. The number of carboxylic acids is 1. The fourth-order valence-electron chi connectivity index (χ4n) is 1.95. The molecule has 1 aromatic carbocycles. The number of carbonyl (C=O) groups excluding carboxylic acids is 1. The first-order valence-corrected chi connectivity index (χ1v) is 6.48. The van der Waals surface area contributed by atoms with E-state index < -0.39 is 5.97 Å². The highest BCUT2D eigenvalue weighted by molar-refractivity contribution is 6.14. The van der Waals surface area contributed by atoms with E-state index in [0.29, 0.717) is 22.2 Å². The number of ether oxygens (including phenoxy) is 1. The van der Waals surface area contributed by atoms with E-state index in [0.717, 1.165) is 12.2 Å². The van der Waals surface area contributed by atoms with Crippen LogP contribution in [0.25, 0.3) is 10.9 Å². The molecule has 21 heavy (non-hydrogen) atoms. The molecule has 2 rings (SSSR count). The maximum absolute atomic E-state index is 12.1. The Morgan fingerprint density at radius 1 is 1.24 bits per heavy atom. The summed E-state index contributed by atoms with van der Waals surface area (Å²) in [5.41, 5.74) is 0.979. The van der Waals surface area contributed by atoms with Gasteiger partial charge in [0.1, 0.15) is 11.3 Å². The van der Waals surface area contributed by atoms with Crippen LogP contribution in [0.1, 0.15) is 24.2 Å². The Morgan fingerprint density at radius 2 is 2.00 bits per heavy atom. The lowest BCUT2D eigenvalue weighted by Gasteiger charge is -2.13. The van der Waals surface area contributed by atoms with Crippen molar-refractivity contribution >= 4 is 22.7 Å². The average Bonchev–Trinajstić information content (AvgIpc) is 2.44. The van der Waals surface area contributed by atoms with Gasteiger partial charge >= 0.3 is 5.97 Å². The number of nitrogens with zero attached hydrogens (tertiary/aromatic N) is 1. The summed E-state index contributed by atoms with van der Waals surface area (Å²) in [5, 5.41) is 9.23. The number of fused-ring (bicyclic) bond motifs is 1.